The summed E-state index contributed by atoms with van der Waals surface area (Å²) in [6.45, 7) is 0. The molecule has 76 valence electrons. The van der Waals surface area contributed by atoms with Crippen LogP contribution in [0.5, 0.6) is 0 Å². The smallest absolute Gasteiger partial charge is 0.296 e. The van der Waals surface area contributed by atoms with Gasteiger partial charge in [0.15, 0.2) is 12.1 Å². The van der Waals surface area contributed by atoms with Crippen LogP contribution in [0.4, 0.5) is 15.8 Å². The molecule has 0 spiro atoms. The first-order chi connectivity index (χ1) is 7.06. The van der Waals surface area contributed by atoms with Gasteiger partial charge in [0.2, 0.25) is 0 Å². The Hall–Kier alpha value is -2.42. The molecule has 0 bridgehead atoms. The highest BCUT2D eigenvalue weighted by Gasteiger charge is 2.16. The van der Waals surface area contributed by atoms with E-state index < -0.39 is 22.1 Å². The van der Waals surface area contributed by atoms with Crippen molar-refractivity contribution in [2.45, 2.75) is 0 Å². The zero-order chi connectivity index (χ0) is 11.4. The molecule has 0 aliphatic carbocycles. The number of halogens is 1. The molecule has 1 aromatic carbocycles. The van der Waals surface area contributed by atoms with Crippen LogP contribution in [0, 0.1) is 27.8 Å². The molecule has 0 aliphatic heterocycles. The number of carbonyl (C=O) groups is 1. The first kappa shape index (κ1) is 10.7. The summed E-state index contributed by atoms with van der Waals surface area (Å²) in [5.74, 6) is 3.33. The lowest BCUT2D eigenvalue weighted by atomic mass is 10.1. The van der Waals surface area contributed by atoms with Crippen LogP contribution < -0.4 is 5.73 Å². The number of nitrogens with zero attached hydrogens (tertiary/aromatic N) is 1. The second-order valence-corrected chi connectivity index (χ2v) is 2.54. The van der Waals surface area contributed by atoms with Gasteiger partial charge in [0.25, 0.3) is 5.69 Å². The van der Waals surface area contributed by atoms with Crippen molar-refractivity contribution < 1.29 is 14.1 Å². The zero-order valence-corrected chi connectivity index (χ0v) is 7.36. The molecule has 0 saturated carbocycles. The third-order valence-electron chi connectivity index (χ3n) is 1.58. The maximum atomic E-state index is 13.0. The van der Waals surface area contributed by atoms with E-state index in [4.69, 9.17) is 5.73 Å². The highest BCUT2D eigenvalue weighted by molar-refractivity contribution is 5.74. The number of nitrogen functional groups attached to an aromatic ring is 1. The third kappa shape index (κ3) is 2.28. The summed E-state index contributed by atoms with van der Waals surface area (Å²) in [7, 11) is 0. The Labute approximate surface area is 83.8 Å². The predicted molar refractivity (Wildman–Crippen MR) is 50.4 cm³/mol. The van der Waals surface area contributed by atoms with Crippen LogP contribution in [0.3, 0.4) is 0 Å². The summed E-state index contributed by atoms with van der Waals surface area (Å²) in [5, 5.41) is 10.4. The van der Waals surface area contributed by atoms with Crippen LogP contribution >= 0.6 is 0 Å². The molecule has 0 aromatic heterocycles. The van der Waals surface area contributed by atoms with E-state index in [0.29, 0.717) is 6.29 Å². The summed E-state index contributed by atoms with van der Waals surface area (Å²) >= 11 is 0. The largest absolute Gasteiger partial charge is 0.391 e. The summed E-state index contributed by atoms with van der Waals surface area (Å²) in [6.07, 6.45) is 0.306. The minimum atomic E-state index is -0.931. The fourth-order valence-electron chi connectivity index (χ4n) is 0.939. The third-order valence-corrected chi connectivity index (χ3v) is 1.58. The van der Waals surface area contributed by atoms with E-state index in [1.807, 2.05) is 5.92 Å². The van der Waals surface area contributed by atoms with E-state index in [9.17, 15) is 19.3 Å². The lowest BCUT2D eigenvalue weighted by molar-refractivity contribution is -0.384. The van der Waals surface area contributed by atoms with E-state index >= 15 is 0 Å². The maximum Gasteiger partial charge on any atom is 0.296 e. The average Bonchev–Trinajstić information content (AvgIpc) is 2.19. The molecule has 1 rings (SSSR count). The van der Waals surface area contributed by atoms with Gasteiger partial charge >= 0.3 is 0 Å². The van der Waals surface area contributed by atoms with Crippen molar-refractivity contribution in [1.29, 1.82) is 0 Å². The Morgan fingerprint density at radius 1 is 1.53 bits per heavy atom. The Morgan fingerprint density at radius 2 is 2.20 bits per heavy atom. The Bertz CT molecular complexity index is 488. The van der Waals surface area contributed by atoms with Gasteiger partial charge in [0, 0.05) is 11.6 Å². The van der Waals surface area contributed by atoms with Crippen molar-refractivity contribution in [3.8, 4) is 11.8 Å². The average molecular weight is 208 g/mol. The molecule has 5 nitrogen and oxygen atoms in total. The van der Waals surface area contributed by atoms with Crippen molar-refractivity contribution in [1.82, 2.24) is 0 Å². The molecule has 6 heteroatoms. The van der Waals surface area contributed by atoms with Gasteiger partial charge in [-0.15, -0.1) is 0 Å². The number of anilines is 1. The van der Waals surface area contributed by atoms with Gasteiger partial charge in [0.05, 0.1) is 4.92 Å². The second-order valence-electron chi connectivity index (χ2n) is 2.54. The van der Waals surface area contributed by atoms with E-state index in [2.05, 4.69) is 5.92 Å². The van der Waals surface area contributed by atoms with Gasteiger partial charge in [-0.2, -0.15) is 0 Å². The molecule has 0 aliphatic rings. The van der Waals surface area contributed by atoms with Gasteiger partial charge in [-0.3, -0.25) is 14.9 Å². The van der Waals surface area contributed by atoms with E-state index in [0.717, 1.165) is 12.1 Å². The Kier molecular flexibility index (Phi) is 2.98. The summed E-state index contributed by atoms with van der Waals surface area (Å²) in [4.78, 5) is 19.5. The highest BCUT2D eigenvalue weighted by atomic mass is 19.1. The molecule has 0 amide bonds. The minimum Gasteiger partial charge on any atom is -0.391 e. The van der Waals surface area contributed by atoms with Crippen LogP contribution in [0.25, 0.3) is 0 Å². The molecule has 0 fully saturated rings. The molecule has 0 unspecified atom stereocenters. The standard InChI is InChI=1S/C9H5FN2O3/c10-7-4-6(2-1-3-13)5-8(9(7)11)12(14)15/h3-5H,11H2. The van der Waals surface area contributed by atoms with Crippen LogP contribution in [-0.4, -0.2) is 11.2 Å². The normalized spacial score (nSPS) is 8.87. The van der Waals surface area contributed by atoms with Gasteiger partial charge < -0.3 is 5.73 Å². The number of nitrogens with two attached hydrogens (primary N) is 1. The van der Waals surface area contributed by atoms with Crippen molar-refractivity contribution >= 4 is 17.7 Å². The first-order valence-electron chi connectivity index (χ1n) is 3.75. The summed E-state index contributed by atoms with van der Waals surface area (Å²) in [5.41, 5.74) is 4.07. The molecule has 1 aromatic rings. The van der Waals surface area contributed by atoms with Gasteiger partial charge in [0.1, 0.15) is 5.69 Å². The lowest BCUT2D eigenvalue weighted by Gasteiger charge is -1.99. The SMILES string of the molecule is Nc1c(F)cc(C#CC=O)cc1[N+](=O)[O-]. The highest BCUT2D eigenvalue weighted by Crippen LogP contribution is 2.25. The quantitative estimate of drug-likeness (QED) is 0.244. The number of aldehydes is 1. The first-order valence-corrected chi connectivity index (χ1v) is 3.75. The number of carbonyl (C=O) groups excluding carboxylic acids is 1. The van der Waals surface area contributed by atoms with Crippen LogP contribution in [-0.2, 0) is 4.79 Å². The number of nitro groups is 1. The van der Waals surface area contributed by atoms with E-state index in [-0.39, 0.29) is 5.56 Å². The van der Waals surface area contributed by atoms with Gasteiger partial charge in [-0.05, 0) is 12.0 Å². The van der Waals surface area contributed by atoms with Crippen LogP contribution in [0.2, 0.25) is 0 Å². The van der Waals surface area contributed by atoms with Crippen LogP contribution in [0.1, 0.15) is 5.56 Å². The molecular formula is C9H5FN2O3. The number of rotatable bonds is 1. The lowest BCUT2D eigenvalue weighted by Crippen LogP contribution is -1.99. The summed E-state index contributed by atoms with van der Waals surface area (Å²) < 4.78 is 13.0. The van der Waals surface area contributed by atoms with Crippen molar-refractivity contribution in [3.05, 3.63) is 33.6 Å². The molecule has 0 radical (unpaired) electrons. The van der Waals surface area contributed by atoms with E-state index in [1.54, 1.807) is 0 Å². The fraction of sp³-hybridized carbons (Fsp3) is 0. The maximum absolute atomic E-state index is 13.0. The zero-order valence-electron chi connectivity index (χ0n) is 7.36. The van der Waals surface area contributed by atoms with E-state index in [1.165, 1.54) is 0 Å². The van der Waals surface area contributed by atoms with Crippen molar-refractivity contribution in [3.63, 3.8) is 0 Å². The number of hydrogen-bond donors (Lipinski definition) is 1. The van der Waals surface area contributed by atoms with Crippen molar-refractivity contribution in [2.75, 3.05) is 5.73 Å². The van der Waals surface area contributed by atoms with Crippen LogP contribution in [0.15, 0.2) is 12.1 Å². The Balaban J connectivity index is 3.35. The fourth-order valence-corrected chi connectivity index (χ4v) is 0.939. The number of hydrogen-bond acceptors (Lipinski definition) is 4. The molecule has 0 saturated heterocycles. The molecule has 0 atom stereocenters. The molecular weight excluding hydrogens is 203 g/mol. The van der Waals surface area contributed by atoms with Gasteiger partial charge in [-0.25, -0.2) is 4.39 Å². The molecule has 15 heavy (non-hydrogen) atoms. The minimum absolute atomic E-state index is 0.0282. The molecule has 0 heterocycles. The molecule has 2 N–H and O–H groups in total. The topological polar surface area (TPSA) is 86.2 Å². The number of benzene rings is 1. The van der Waals surface area contributed by atoms with Crippen molar-refractivity contribution in [2.24, 2.45) is 0 Å². The Morgan fingerprint density at radius 3 is 2.73 bits per heavy atom. The number of nitro benzene ring substituents is 1. The monoisotopic (exact) mass is 208 g/mol. The van der Waals surface area contributed by atoms with Gasteiger partial charge in [-0.1, -0.05) is 5.92 Å². The summed E-state index contributed by atoms with van der Waals surface area (Å²) in [6, 6.07) is 1.94. The second kappa shape index (κ2) is 4.19. The predicted octanol–water partition coefficient (Wildman–Crippen LogP) is 0.867.